The summed E-state index contributed by atoms with van der Waals surface area (Å²) in [6.45, 7) is 3.92. The highest BCUT2D eigenvalue weighted by Gasteiger charge is 2.12. The molecule has 0 saturated heterocycles. The molecule has 0 aliphatic heterocycles. The maximum absolute atomic E-state index is 12.4. The summed E-state index contributed by atoms with van der Waals surface area (Å²) in [7, 11) is 0. The monoisotopic (exact) mass is 281 g/mol. The third kappa shape index (κ3) is 2.38. The normalized spacial score (nSPS) is 11.0. The molecule has 0 aliphatic rings. The molecular weight excluding hydrogens is 266 g/mol. The maximum Gasteiger partial charge on any atom is 0.276 e. The van der Waals surface area contributed by atoms with E-state index in [0.717, 1.165) is 11.1 Å². The van der Waals surface area contributed by atoms with Crippen molar-refractivity contribution in [2.24, 2.45) is 0 Å². The molecule has 3 rings (SSSR count). The number of benzene rings is 1. The van der Waals surface area contributed by atoms with Gasteiger partial charge in [-0.2, -0.15) is 5.10 Å². The smallest absolute Gasteiger partial charge is 0.276 e. The van der Waals surface area contributed by atoms with E-state index in [0.29, 0.717) is 11.1 Å². The topological polar surface area (TPSA) is 56.4 Å². The van der Waals surface area contributed by atoms with Gasteiger partial charge in [-0.05, 0) is 25.5 Å². The Kier molecular flexibility index (Phi) is 3.17. The molecule has 0 fully saturated rings. The number of carbonyl (C=O) groups is 1. The molecule has 2 aromatic heterocycles. The summed E-state index contributed by atoms with van der Waals surface area (Å²) >= 11 is 0. The summed E-state index contributed by atoms with van der Waals surface area (Å²) < 4.78 is 2.92. The van der Waals surface area contributed by atoms with Gasteiger partial charge in [0.15, 0.2) is 5.78 Å². The second kappa shape index (κ2) is 5.01. The van der Waals surface area contributed by atoms with Crippen LogP contribution in [0.5, 0.6) is 0 Å². The van der Waals surface area contributed by atoms with E-state index in [1.807, 2.05) is 32.0 Å². The maximum atomic E-state index is 12.4. The van der Waals surface area contributed by atoms with Crippen LogP contribution >= 0.6 is 0 Å². The molecule has 0 radical (unpaired) electrons. The van der Waals surface area contributed by atoms with Gasteiger partial charge in [-0.25, -0.2) is 4.52 Å². The fourth-order valence-corrected chi connectivity index (χ4v) is 2.45. The number of hydrogen-bond acceptors (Lipinski definition) is 3. The number of nitrogens with zero attached hydrogens (tertiary/aromatic N) is 3. The Morgan fingerprint density at radius 3 is 2.76 bits per heavy atom. The Balaban J connectivity index is 1.96. The van der Waals surface area contributed by atoms with Crippen LogP contribution in [0.4, 0.5) is 0 Å². The van der Waals surface area contributed by atoms with Crippen LogP contribution in [0.25, 0.3) is 5.52 Å². The minimum Gasteiger partial charge on any atom is -0.304 e. The van der Waals surface area contributed by atoms with Crippen LogP contribution in [0.1, 0.15) is 21.5 Å². The molecule has 106 valence electrons. The molecular formula is C16H15N3O2. The fourth-order valence-electron chi connectivity index (χ4n) is 2.45. The number of carbonyl (C=O) groups excluding carboxylic acids is 1. The SMILES string of the molecule is Cc1ccc(C(=O)Cn2ccn3nccc3c2=O)c(C)c1. The summed E-state index contributed by atoms with van der Waals surface area (Å²) in [6.07, 6.45) is 4.82. The van der Waals surface area contributed by atoms with Crippen LogP contribution in [0.2, 0.25) is 0 Å². The van der Waals surface area contributed by atoms with Gasteiger partial charge >= 0.3 is 0 Å². The first-order valence-corrected chi connectivity index (χ1v) is 6.69. The highest BCUT2D eigenvalue weighted by molar-refractivity contribution is 5.97. The van der Waals surface area contributed by atoms with Crippen molar-refractivity contribution in [3.8, 4) is 0 Å². The Hall–Kier alpha value is -2.69. The summed E-state index contributed by atoms with van der Waals surface area (Å²) in [5.41, 5.74) is 2.94. The van der Waals surface area contributed by atoms with Gasteiger partial charge in [-0.1, -0.05) is 23.8 Å². The van der Waals surface area contributed by atoms with Crippen LogP contribution in [0, 0.1) is 13.8 Å². The van der Waals surface area contributed by atoms with Gasteiger partial charge in [0.2, 0.25) is 0 Å². The van der Waals surface area contributed by atoms with Gasteiger partial charge in [0.05, 0.1) is 12.7 Å². The van der Waals surface area contributed by atoms with E-state index < -0.39 is 0 Å². The van der Waals surface area contributed by atoms with Crippen LogP contribution in [0.3, 0.4) is 0 Å². The molecule has 5 heteroatoms. The molecule has 0 aliphatic carbocycles. The second-order valence-electron chi connectivity index (χ2n) is 5.13. The Labute approximate surface area is 121 Å². The molecule has 0 saturated carbocycles. The molecule has 0 N–H and O–H groups in total. The van der Waals surface area contributed by atoms with Crippen LogP contribution < -0.4 is 5.56 Å². The van der Waals surface area contributed by atoms with Crippen molar-refractivity contribution in [1.29, 1.82) is 0 Å². The van der Waals surface area contributed by atoms with Gasteiger partial charge in [-0.3, -0.25) is 9.59 Å². The quantitative estimate of drug-likeness (QED) is 0.690. The van der Waals surface area contributed by atoms with Crippen LogP contribution in [-0.4, -0.2) is 20.0 Å². The molecule has 0 amide bonds. The fraction of sp³-hybridized carbons (Fsp3) is 0.188. The first-order valence-electron chi connectivity index (χ1n) is 6.69. The van der Waals surface area contributed by atoms with Gasteiger partial charge in [-0.15, -0.1) is 0 Å². The summed E-state index contributed by atoms with van der Waals surface area (Å²) in [5.74, 6) is -0.0709. The van der Waals surface area contributed by atoms with Gasteiger partial charge in [0.1, 0.15) is 5.52 Å². The number of hydrogen-bond donors (Lipinski definition) is 0. The van der Waals surface area contributed by atoms with E-state index in [-0.39, 0.29) is 17.9 Å². The summed E-state index contributed by atoms with van der Waals surface area (Å²) in [5, 5.41) is 4.00. The number of aryl methyl sites for hydroxylation is 2. The number of aromatic nitrogens is 3. The molecule has 2 heterocycles. The second-order valence-corrected chi connectivity index (χ2v) is 5.13. The lowest BCUT2D eigenvalue weighted by Gasteiger charge is -2.08. The minimum atomic E-state index is -0.215. The number of ketones is 1. The van der Waals surface area contributed by atoms with E-state index in [2.05, 4.69) is 5.10 Å². The number of Topliss-reactive ketones (excluding diaryl/α,β-unsaturated/α-hetero) is 1. The lowest BCUT2D eigenvalue weighted by atomic mass is 10.0. The predicted molar refractivity (Wildman–Crippen MR) is 79.7 cm³/mol. The van der Waals surface area contributed by atoms with Crippen molar-refractivity contribution in [3.05, 3.63) is 69.9 Å². The van der Waals surface area contributed by atoms with Gasteiger partial charge in [0.25, 0.3) is 5.56 Å². The van der Waals surface area contributed by atoms with E-state index >= 15 is 0 Å². The number of rotatable bonds is 3. The lowest BCUT2D eigenvalue weighted by Crippen LogP contribution is -2.25. The largest absolute Gasteiger partial charge is 0.304 e. The van der Waals surface area contributed by atoms with Crippen molar-refractivity contribution >= 4 is 11.3 Å². The zero-order valence-electron chi connectivity index (χ0n) is 11.9. The van der Waals surface area contributed by atoms with E-state index in [1.165, 1.54) is 9.08 Å². The Morgan fingerprint density at radius 1 is 1.19 bits per heavy atom. The average molecular weight is 281 g/mol. The van der Waals surface area contributed by atoms with Crippen molar-refractivity contribution in [2.75, 3.05) is 0 Å². The lowest BCUT2D eigenvalue weighted by molar-refractivity contribution is 0.0970. The highest BCUT2D eigenvalue weighted by Crippen LogP contribution is 2.12. The molecule has 21 heavy (non-hydrogen) atoms. The molecule has 0 spiro atoms. The predicted octanol–water partition coefficient (Wildman–Crippen LogP) is 2.00. The van der Waals surface area contributed by atoms with Crippen molar-refractivity contribution in [2.45, 2.75) is 20.4 Å². The van der Waals surface area contributed by atoms with Crippen molar-refractivity contribution in [1.82, 2.24) is 14.2 Å². The molecule has 0 bridgehead atoms. The molecule has 0 unspecified atom stereocenters. The van der Waals surface area contributed by atoms with Gasteiger partial charge in [0, 0.05) is 18.0 Å². The van der Waals surface area contributed by atoms with Crippen LogP contribution in [-0.2, 0) is 6.54 Å². The number of fused-ring (bicyclic) bond motifs is 1. The van der Waals surface area contributed by atoms with E-state index in [9.17, 15) is 9.59 Å². The zero-order valence-corrected chi connectivity index (χ0v) is 11.9. The first kappa shape index (κ1) is 13.3. The summed E-state index contributed by atoms with van der Waals surface area (Å²) in [6, 6.07) is 7.33. The molecule has 1 aromatic carbocycles. The highest BCUT2D eigenvalue weighted by atomic mass is 16.1. The Bertz CT molecular complexity index is 890. The zero-order chi connectivity index (χ0) is 15.0. The average Bonchev–Trinajstić information content (AvgIpc) is 2.91. The van der Waals surface area contributed by atoms with Crippen molar-refractivity contribution < 1.29 is 4.79 Å². The standard InChI is InChI=1S/C16H15N3O2/c1-11-3-4-13(12(2)9-11)15(20)10-18-7-8-19-14(16(18)21)5-6-17-19/h3-9H,10H2,1-2H3. The van der Waals surface area contributed by atoms with Crippen molar-refractivity contribution in [3.63, 3.8) is 0 Å². The molecule has 0 atom stereocenters. The minimum absolute atomic E-state index is 0.0322. The Morgan fingerprint density at radius 2 is 2.00 bits per heavy atom. The third-order valence-electron chi connectivity index (χ3n) is 3.53. The molecule has 3 aromatic rings. The van der Waals surface area contributed by atoms with E-state index in [1.54, 1.807) is 24.7 Å². The first-order chi connectivity index (χ1) is 10.1. The molecule has 5 nitrogen and oxygen atoms in total. The van der Waals surface area contributed by atoms with E-state index in [4.69, 9.17) is 0 Å². The summed E-state index contributed by atoms with van der Waals surface area (Å²) in [4.78, 5) is 24.6. The van der Waals surface area contributed by atoms with Gasteiger partial charge < -0.3 is 4.57 Å². The third-order valence-corrected chi connectivity index (χ3v) is 3.53. The van der Waals surface area contributed by atoms with Crippen LogP contribution in [0.15, 0.2) is 47.7 Å².